The van der Waals surface area contributed by atoms with Crippen molar-refractivity contribution in [2.75, 3.05) is 20.7 Å². The van der Waals surface area contributed by atoms with E-state index in [2.05, 4.69) is 16.1 Å². The molecule has 0 unspecified atom stereocenters. The first kappa shape index (κ1) is 22.9. The normalized spacial score (nSPS) is 15.2. The van der Waals surface area contributed by atoms with E-state index in [0.29, 0.717) is 6.54 Å². The summed E-state index contributed by atoms with van der Waals surface area (Å²) in [6.07, 6.45) is 6.55. The van der Waals surface area contributed by atoms with Gasteiger partial charge >= 0.3 is 5.97 Å². The van der Waals surface area contributed by atoms with Crippen molar-refractivity contribution < 1.29 is 27.5 Å². The summed E-state index contributed by atoms with van der Waals surface area (Å²) in [5.74, 6) is -1.09. The van der Waals surface area contributed by atoms with Crippen molar-refractivity contribution >= 4 is 21.9 Å². The highest BCUT2D eigenvalue weighted by Crippen LogP contribution is 2.25. The van der Waals surface area contributed by atoms with E-state index in [1.807, 2.05) is 0 Å². The van der Waals surface area contributed by atoms with Crippen LogP contribution in [0.2, 0.25) is 0 Å². The fourth-order valence-corrected chi connectivity index (χ4v) is 3.95. The van der Waals surface area contributed by atoms with Crippen molar-refractivity contribution in [3.63, 3.8) is 0 Å². The van der Waals surface area contributed by atoms with Gasteiger partial charge in [-0.2, -0.15) is 0 Å². The maximum absolute atomic E-state index is 12.4. The summed E-state index contributed by atoms with van der Waals surface area (Å²) in [5.41, 5.74) is 1.35. The summed E-state index contributed by atoms with van der Waals surface area (Å²) in [4.78, 5) is 24.4. The fraction of sp³-hybridized carbons (Fsp3) is 0.500. The summed E-state index contributed by atoms with van der Waals surface area (Å²) in [6.45, 7) is 1.96. The summed E-state index contributed by atoms with van der Waals surface area (Å²) in [7, 11) is -1.24. The number of sulfonamides is 1. The van der Waals surface area contributed by atoms with E-state index in [1.54, 1.807) is 0 Å². The van der Waals surface area contributed by atoms with Crippen molar-refractivity contribution in [3.8, 4) is 5.75 Å². The summed E-state index contributed by atoms with van der Waals surface area (Å²) < 4.78 is 36.7. The van der Waals surface area contributed by atoms with Gasteiger partial charge in [0.15, 0.2) is 6.10 Å². The molecule has 29 heavy (non-hydrogen) atoms. The molecule has 1 amide bonds. The Bertz CT molecular complexity index is 879. The van der Waals surface area contributed by atoms with Crippen LogP contribution in [0.3, 0.4) is 0 Å². The van der Waals surface area contributed by atoms with Crippen molar-refractivity contribution in [1.29, 1.82) is 0 Å². The van der Waals surface area contributed by atoms with Crippen molar-refractivity contribution in [2.45, 2.75) is 50.0 Å². The molecule has 0 aromatic heterocycles. The van der Waals surface area contributed by atoms with Gasteiger partial charge < -0.3 is 14.8 Å². The fourth-order valence-electron chi connectivity index (χ4n) is 3.03. The van der Waals surface area contributed by atoms with Crippen molar-refractivity contribution in [1.82, 2.24) is 10.0 Å². The predicted octanol–water partition coefficient (Wildman–Crippen LogP) is 2.16. The number of rotatable bonds is 9. The standard InChI is InChI=1S/C20H28N2O6S/c1-14(19(23)22-12-11-15-7-5-4-6-8-15)28-20(24)16-9-10-17(27-3)18(13-16)29(25,26)21-2/h7,9-10,13-14,21H,4-6,8,11-12H2,1-3H3,(H,22,23)/t14-/m1/s1. The smallest absolute Gasteiger partial charge is 0.338 e. The molecule has 8 nitrogen and oxygen atoms in total. The Labute approximate surface area is 171 Å². The maximum Gasteiger partial charge on any atom is 0.338 e. The minimum Gasteiger partial charge on any atom is -0.495 e. The number of hydrogen-bond donors (Lipinski definition) is 2. The molecule has 1 aliphatic rings. The lowest BCUT2D eigenvalue weighted by atomic mass is 9.97. The third-order valence-electron chi connectivity index (χ3n) is 4.74. The van der Waals surface area contributed by atoms with Crippen molar-refractivity contribution in [2.24, 2.45) is 0 Å². The first-order valence-electron chi connectivity index (χ1n) is 9.56. The summed E-state index contributed by atoms with van der Waals surface area (Å²) >= 11 is 0. The Morgan fingerprint density at radius 1 is 1.24 bits per heavy atom. The van der Waals surface area contributed by atoms with Gasteiger partial charge in [0.2, 0.25) is 10.0 Å². The largest absolute Gasteiger partial charge is 0.495 e. The van der Waals surface area contributed by atoms with Gasteiger partial charge in [-0.25, -0.2) is 17.9 Å². The Balaban J connectivity index is 1.97. The quantitative estimate of drug-likeness (QED) is 0.464. The molecule has 0 spiro atoms. The summed E-state index contributed by atoms with van der Waals surface area (Å²) in [6, 6.07) is 3.91. The number of amides is 1. The van der Waals surface area contributed by atoms with Crippen LogP contribution in [0.15, 0.2) is 34.7 Å². The minimum absolute atomic E-state index is 0.00614. The zero-order valence-corrected chi connectivity index (χ0v) is 17.8. The average Bonchev–Trinajstić information content (AvgIpc) is 2.73. The Kier molecular flexibility index (Phi) is 8.21. The Morgan fingerprint density at radius 3 is 2.62 bits per heavy atom. The number of carbonyl (C=O) groups excluding carboxylic acids is 2. The van der Waals surface area contributed by atoms with Gasteiger partial charge in [0.1, 0.15) is 10.6 Å². The second-order valence-electron chi connectivity index (χ2n) is 6.77. The maximum atomic E-state index is 12.4. The lowest BCUT2D eigenvalue weighted by Gasteiger charge is -2.16. The number of hydrogen-bond acceptors (Lipinski definition) is 6. The molecule has 0 fully saturated rings. The van der Waals surface area contributed by atoms with Crippen molar-refractivity contribution in [3.05, 3.63) is 35.4 Å². The number of carbonyl (C=O) groups is 2. The van der Waals surface area contributed by atoms with E-state index in [9.17, 15) is 18.0 Å². The van der Waals surface area contributed by atoms with E-state index >= 15 is 0 Å². The molecule has 0 saturated heterocycles. The number of nitrogens with one attached hydrogen (secondary N) is 2. The molecule has 0 radical (unpaired) electrons. The molecule has 1 aliphatic carbocycles. The van der Waals surface area contributed by atoms with Gasteiger partial charge in [-0.1, -0.05) is 11.6 Å². The number of ether oxygens (including phenoxy) is 2. The second-order valence-corrected chi connectivity index (χ2v) is 8.62. The van der Waals surface area contributed by atoms with E-state index in [1.165, 1.54) is 51.6 Å². The topological polar surface area (TPSA) is 111 Å². The van der Waals surface area contributed by atoms with Crippen LogP contribution in [-0.2, 0) is 19.6 Å². The van der Waals surface area contributed by atoms with Crippen LogP contribution in [0.1, 0.15) is 49.4 Å². The number of allylic oxidation sites excluding steroid dienone is 1. The zero-order chi connectivity index (χ0) is 21.4. The molecule has 1 atom stereocenters. The van der Waals surface area contributed by atoms with Gasteiger partial charge in [-0.05, 0) is 64.3 Å². The van der Waals surface area contributed by atoms with Crippen LogP contribution in [0.5, 0.6) is 5.75 Å². The van der Waals surface area contributed by atoms with E-state index in [-0.39, 0.29) is 16.2 Å². The Hall–Kier alpha value is -2.39. The van der Waals surface area contributed by atoms with Gasteiger partial charge in [0.25, 0.3) is 5.91 Å². The van der Waals surface area contributed by atoms with Crippen LogP contribution in [0.4, 0.5) is 0 Å². The SMILES string of the molecule is CNS(=O)(=O)c1cc(C(=O)O[C@H](C)C(=O)NCCC2=CCCCC2)ccc1OC. The van der Waals surface area contributed by atoms with Gasteiger partial charge in [-0.15, -0.1) is 0 Å². The lowest BCUT2D eigenvalue weighted by molar-refractivity contribution is -0.129. The van der Waals surface area contributed by atoms with E-state index < -0.39 is 28.0 Å². The predicted molar refractivity (Wildman–Crippen MR) is 108 cm³/mol. The van der Waals surface area contributed by atoms with E-state index in [0.717, 1.165) is 25.3 Å². The third kappa shape index (κ3) is 6.30. The monoisotopic (exact) mass is 424 g/mol. The van der Waals surface area contributed by atoms with Gasteiger partial charge in [-0.3, -0.25) is 4.79 Å². The van der Waals surface area contributed by atoms with Gasteiger partial charge in [0.05, 0.1) is 12.7 Å². The summed E-state index contributed by atoms with van der Waals surface area (Å²) in [5, 5.41) is 2.77. The molecular formula is C20H28N2O6S. The molecule has 9 heteroatoms. The number of esters is 1. The number of benzene rings is 1. The molecule has 160 valence electrons. The first-order valence-corrected chi connectivity index (χ1v) is 11.0. The van der Waals surface area contributed by atoms with Crippen LogP contribution < -0.4 is 14.8 Å². The van der Waals surface area contributed by atoms with Crippen LogP contribution in [0.25, 0.3) is 0 Å². The van der Waals surface area contributed by atoms with Crippen LogP contribution in [-0.4, -0.2) is 47.1 Å². The molecule has 0 aliphatic heterocycles. The van der Waals surface area contributed by atoms with Crippen LogP contribution in [0, 0.1) is 0 Å². The highest BCUT2D eigenvalue weighted by molar-refractivity contribution is 7.89. The third-order valence-corrected chi connectivity index (χ3v) is 6.18. The van der Waals surface area contributed by atoms with E-state index in [4.69, 9.17) is 9.47 Å². The zero-order valence-electron chi connectivity index (χ0n) is 17.0. The average molecular weight is 425 g/mol. The van der Waals surface area contributed by atoms with Gasteiger partial charge in [0, 0.05) is 6.54 Å². The molecule has 2 rings (SSSR count). The molecule has 1 aromatic rings. The second kappa shape index (κ2) is 10.4. The molecule has 1 aromatic carbocycles. The highest BCUT2D eigenvalue weighted by Gasteiger charge is 2.23. The lowest BCUT2D eigenvalue weighted by Crippen LogP contribution is -2.36. The molecule has 0 saturated carbocycles. The Morgan fingerprint density at radius 2 is 2.00 bits per heavy atom. The van der Waals surface area contributed by atoms with Crippen LogP contribution >= 0.6 is 0 Å². The molecule has 0 heterocycles. The first-order chi connectivity index (χ1) is 13.8. The molecular weight excluding hydrogens is 396 g/mol. The number of methoxy groups -OCH3 is 1. The molecule has 0 bridgehead atoms. The highest BCUT2D eigenvalue weighted by atomic mass is 32.2. The minimum atomic E-state index is -3.83. The molecule has 2 N–H and O–H groups in total.